The van der Waals surface area contributed by atoms with Gasteiger partial charge in [-0.3, -0.25) is 9.78 Å². The van der Waals surface area contributed by atoms with Crippen LogP contribution in [0.5, 0.6) is 0 Å². The summed E-state index contributed by atoms with van der Waals surface area (Å²) in [7, 11) is 0. The molecule has 0 spiro atoms. The fourth-order valence-electron chi connectivity index (χ4n) is 2.25. The van der Waals surface area contributed by atoms with Crippen molar-refractivity contribution >= 4 is 16.6 Å². The third-order valence-electron chi connectivity index (χ3n) is 3.08. The lowest BCUT2D eigenvalue weighted by molar-refractivity contribution is 0.590. The lowest BCUT2D eigenvalue weighted by Gasteiger charge is -2.30. The van der Waals surface area contributed by atoms with Gasteiger partial charge in [0.25, 0.3) is 0 Å². The van der Waals surface area contributed by atoms with Gasteiger partial charge in [-0.2, -0.15) is 0 Å². The second kappa shape index (κ2) is 4.18. The highest BCUT2D eigenvalue weighted by molar-refractivity contribution is 5.90. The van der Waals surface area contributed by atoms with Crippen molar-refractivity contribution in [2.24, 2.45) is 0 Å². The number of pyridine rings is 2. The van der Waals surface area contributed by atoms with Crippen LogP contribution >= 0.6 is 0 Å². The SMILES string of the molecule is O=c1cc(N2CCNCC2)c2cnccc2[nH]1. The van der Waals surface area contributed by atoms with Crippen molar-refractivity contribution in [3.05, 3.63) is 34.9 Å². The Bertz CT molecular complexity index is 586. The average molecular weight is 230 g/mol. The fraction of sp³-hybridized carbons (Fsp3) is 0.333. The second-order valence-corrected chi connectivity index (χ2v) is 4.18. The molecule has 0 saturated carbocycles. The van der Waals surface area contributed by atoms with Gasteiger partial charge in [0.05, 0.1) is 11.2 Å². The lowest BCUT2D eigenvalue weighted by atomic mass is 10.2. The molecule has 17 heavy (non-hydrogen) atoms. The highest BCUT2D eigenvalue weighted by Crippen LogP contribution is 2.22. The van der Waals surface area contributed by atoms with Crippen molar-refractivity contribution in [3.63, 3.8) is 0 Å². The van der Waals surface area contributed by atoms with Crippen LogP contribution in [0.25, 0.3) is 10.9 Å². The molecule has 1 aliphatic heterocycles. The third-order valence-corrected chi connectivity index (χ3v) is 3.08. The zero-order valence-electron chi connectivity index (χ0n) is 9.44. The number of anilines is 1. The van der Waals surface area contributed by atoms with Gasteiger partial charge >= 0.3 is 0 Å². The van der Waals surface area contributed by atoms with Crippen LogP contribution in [0, 0.1) is 0 Å². The van der Waals surface area contributed by atoms with Crippen molar-refractivity contribution in [2.75, 3.05) is 31.1 Å². The molecule has 0 aliphatic carbocycles. The van der Waals surface area contributed by atoms with Gasteiger partial charge in [-0.1, -0.05) is 0 Å². The maximum absolute atomic E-state index is 11.6. The van der Waals surface area contributed by atoms with Gasteiger partial charge in [0, 0.05) is 50.0 Å². The molecule has 1 aliphatic rings. The van der Waals surface area contributed by atoms with Gasteiger partial charge < -0.3 is 15.2 Å². The van der Waals surface area contributed by atoms with Crippen molar-refractivity contribution in [1.29, 1.82) is 0 Å². The summed E-state index contributed by atoms with van der Waals surface area (Å²) < 4.78 is 0. The first kappa shape index (κ1) is 10.3. The molecule has 1 fully saturated rings. The Kier molecular flexibility index (Phi) is 2.53. The maximum atomic E-state index is 11.6. The van der Waals surface area contributed by atoms with Gasteiger partial charge in [-0.15, -0.1) is 0 Å². The van der Waals surface area contributed by atoms with E-state index < -0.39 is 0 Å². The minimum atomic E-state index is -0.0581. The normalized spacial score (nSPS) is 16.4. The number of aromatic nitrogens is 2. The number of rotatable bonds is 1. The van der Waals surface area contributed by atoms with E-state index in [1.807, 2.05) is 12.3 Å². The minimum absolute atomic E-state index is 0.0581. The molecule has 0 amide bonds. The maximum Gasteiger partial charge on any atom is 0.250 e. The molecule has 3 heterocycles. The molecule has 3 rings (SSSR count). The molecule has 2 N–H and O–H groups in total. The molecule has 0 unspecified atom stereocenters. The number of nitrogens with one attached hydrogen (secondary N) is 2. The Morgan fingerprint density at radius 3 is 2.94 bits per heavy atom. The van der Waals surface area contributed by atoms with Gasteiger partial charge in [-0.05, 0) is 6.07 Å². The predicted molar refractivity (Wildman–Crippen MR) is 67.4 cm³/mol. The van der Waals surface area contributed by atoms with E-state index in [4.69, 9.17) is 0 Å². The van der Waals surface area contributed by atoms with Crippen molar-refractivity contribution in [3.8, 4) is 0 Å². The number of hydrogen-bond acceptors (Lipinski definition) is 4. The van der Waals surface area contributed by atoms with E-state index in [2.05, 4.69) is 20.2 Å². The molecule has 2 aromatic rings. The zero-order chi connectivity index (χ0) is 11.7. The molecule has 0 aromatic carbocycles. The van der Waals surface area contributed by atoms with Gasteiger partial charge in [0.15, 0.2) is 0 Å². The summed E-state index contributed by atoms with van der Waals surface area (Å²) in [5.74, 6) is 0. The largest absolute Gasteiger partial charge is 0.368 e. The first-order valence-electron chi connectivity index (χ1n) is 5.77. The molecular weight excluding hydrogens is 216 g/mol. The Labute approximate surface area is 98.5 Å². The Balaban J connectivity index is 2.16. The standard InChI is InChI=1S/C12H14N4O/c17-12-7-11(16-5-3-13-4-6-16)9-8-14-2-1-10(9)15-12/h1-2,7-8,13H,3-6H2,(H,15,17). The van der Waals surface area contributed by atoms with E-state index in [1.54, 1.807) is 12.3 Å². The van der Waals surface area contributed by atoms with Crippen LogP contribution in [0.1, 0.15) is 0 Å². The summed E-state index contributed by atoms with van der Waals surface area (Å²) in [5.41, 5.74) is 1.77. The summed E-state index contributed by atoms with van der Waals surface area (Å²) in [6.07, 6.45) is 3.50. The van der Waals surface area contributed by atoms with Crippen LogP contribution in [-0.2, 0) is 0 Å². The minimum Gasteiger partial charge on any atom is -0.368 e. The molecule has 0 radical (unpaired) electrons. The molecule has 88 valence electrons. The van der Waals surface area contributed by atoms with E-state index in [9.17, 15) is 4.79 Å². The van der Waals surface area contributed by atoms with Crippen LogP contribution in [0.15, 0.2) is 29.3 Å². The third kappa shape index (κ3) is 1.89. The Hall–Kier alpha value is -1.88. The number of H-pyrrole nitrogens is 1. The molecule has 5 nitrogen and oxygen atoms in total. The number of aromatic amines is 1. The number of nitrogens with zero attached hydrogens (tertiary/aromatic N) is 2. The molecule has 2 aromatic heterocycles. The first-order valence-corrected chi connectivity index (χ1v) is 5.77. The van der Waals surface area contributed by atoms with Gasteiger partial charge in [-0.25, -0.2) is 0 Å². The van der Waals surface area contributed by atoms with Crippen LogP contribution in [0.2, 0.25) is 0 Å². The van der Waals surface area contributed by atoms with Crippen molar-refractivity contribution in [1.82, 2.24) is 15.3 Å². The fourth-order valence-corrected chi connectivity index (χ4v) is 2.25. The van der Waals surface area contributed by atoms with Gasteiger partial charge in [0.2, 0.25) is 5.56 Å². The van der Waals surface area contributed by atoms with Crippen molar-refractivity contribution < 1.29 is 0 Å². The van der Waals surface area contributed by atoms with Gasteiger partial charge in [0.1, 0.15) is 0 Å². The highest BCUT2D eigenvalue weighted by Gasteiger charge is 2.14. The van der Waals surface area contributed by atoms with E-state index in [-0.39, 0.29) is 5.56 Å². The molecule has 0 atom stereocenters. The van der Waals surface area contributed by atoms with E-state index in [0.29, 0.717) is 0 Å². The topological polar surface area (TPSA) is 61.0 Å². The Morgan fingerprint density at radius 2 is 2.12 bits per heavy atom. The van der Waals surface area contributed by atoms with E-state index in [0.717, 1.165) is 42.8 Å². The summed E-state index contributed by atoms with van der Waals surface area (Å²) >= 11 is 0. The van der Waals surface area contributed by atoms with Crippen LogP contribution in [-0.4, -0.2) is 36.1 Å². The number of piperazine rings is 1. The van der Waals surface area contributed by atoms with Crippen LogP contribution in [0.4, 0.5) is 5.69 Å². The van der Waals surface area contributed by atoms with Crippen molar-refractivity contribution in [2.45, 2.75) is 0 Å². The summed E-state index contributed by atoms with van der Waals surface area (Å²) in [4.78, 5) is 20.8. The monoisotopic (exact) mass is 230 g/mol. The summed E-state index contributed by atoms with van der Waals surface area (Å²) in [5, 5.41) is 4.31. The highest BCUT2D eigenvalue weighted by atomic mass is 16.1. The van der Waals surface area contributed by atoms with Crippen LogP contribution in [0.3, 0.4) is 0 Å². The number of fused-ring (bicyclic) bond motifs is 1. The smallest absolute Gasteiger partial charge is 0.250 e. The Morgan fingerprint density at radius 1 is 1.29 bits per heavy atom. The van der Waals surface area contributed by atoms with E-state index >= 15 is 0 Å². The lowest BCUT2D eigenvalue weighted by Crippen LogP contribution is -2.43. The molecule has 1 saturated heterocycles. The average Bonchev–Trinajstić information content (AvgIpc) is 2.39. The molecule has 5 heteroatoms. The molecular formula is C12H14N4O. The predicted octanol–water partition coefficient (Wildman–Crippen LogP) is 0.333. The summed E-state index contributed by atoms with van der Waals surface area (Å²) in [6.45, 7) is 3.75. The summed E-state index contributed by atoms with van der Waals surface area (Å²) in [6, 6.07) is 3.50. The second-order valence-electron chi connectivity index (χ2n) is 4.18. The quantitative estimate of drug-likeness (QED) is 0.741. The first-order chi connectivity index (χ1) is 8.34. The number of hydrogen-bond donors (Lipinski definition) is 2. The van der Waals surface area contributed by atoms with Crippen LogP contribution < -0.4 is 15.8 Å². The molecule has 0 bridgehead atoms. The van der Waals surface area contributed by atoms with E-state index in [1.165, 1.54) is 0 Å². The zero-order valence-corrected chi connectivity index (χ0v) is 9.44.